The zero-order valence-electron chi connectivity index (χ0n) is 13.3. The predicted molar refractivity (Wildman–Crippen MR) is 74.7 cm³/mol. The number of hydrogen-bond acceptors (Lipinski definition) is 4. The largest absolute Gasteiger partial charge is 0.337 e. The number of rotatable bonds is 12. The van der Waals surface area contributed by atoms with Gasteiger partial charge in [-0.1, -0.05) is 13.8 Å². The fourth-order valence-corrected chi connectivity index (χ4v) is 1.70. The van der Waals surface area contributed by atoms with E-state index in [1.807, 2.05) is 27.7 Å². The normalized spacial score (nSPS) is 18.0. The lowest BCUT2D eigenvalue weighted by Gasteiger charge is -2.37. The molecule has 0 N–H and O–H groups in total. The molecule has 0 aliphatic carbocycles. The van der Waals surface area contributed by atoms with E-state index in [1.165, 1.54) is 0 Å². The third kappa shape index (κ3) is 7.84. The lowest BCUT2D eigenvalue weighted by molar-refractivity contribution is -0.333. The molecule has 1 radical (unpaired) electrons. The average molecular weight is 276 g/mol. The van der Waals surface area contributed by atoms with Gasteiger partial charge in [0.25, 0.3) is 0 Å². The van der Waals surface area contributed by atoms with Gasteiger partial charge < -0.3 is 18.9 Å². The molecule has 0 heterocycles. The standard InChI is InChI=1S/C14H30NO4/c1-7-11-18-13(5,16-9-3)15-14(6,17-10-4)19-12-8-2/h7-12H2,1-6H3. The summed E-state index contributed by atoms with van der Waals surface area (Å²) in [4.78, 5) is 0. The minimum Gasteiger partial charge on any atom is -0.337 e. The van der Waals surface area contributed by atoms with E-state index in [0.717, 1.165) is 12.8 Å². The summed E-state index contributed by atoms with van der Waals surface area (Å²) in [7, 11) is 0. The van der Waals surface area contributed by atoms with E-state index < -0.39 is 11.8 Å². The second-order valence-corrected chi connectivity index (χ2v) is 4.47. The Bertz CT molecular complexity index is 205. The third-order valence-corrected chi connectivity index (χ3v) is 2.38. The van der Waals surface area contributed by atoms with Gasteiger partial charge in [-0.2, -0.15) is 0 Å². The summed E-state index contributed by atoms with van der Waals surface area (Å²) < 4.78 is 22.6. The summed E-state index contributed by atoms with van der Waals surface area (Å²) in [5.74, 6) is -2.08. The van der Waals surface area contributed by atoms with Crippen molar-refractivity contribution in [1.29, 1.82) is 0 Å². The van der Waals surface area contributed by atoms with Crippen LogP contribution in [0, 0.1) is 0 Å². The van der Waals surface area contributed by atoms with Crippen LogP contribution in [0.5, 0.6) is 0 Å². The highest BCUT2D eigenvalue weighted by molar-refractivity contribution is 4.68. The molecule has 0 aromatic heterocycles. The first kappa shape index (κ1) is 18.8. The average Bonchev–Trinajstić information content (AvgIpc) is 2.34. The molecule has 2 unspecified atom stereocenters. The van der Waals surface area contributed by atoms with Gasteiger partial charge in [0, 0.05) is 27.1 Å². The van der Waals surface area contributed by atoms with Crippen LogP contribution >= 0.6 is 0 Å². The summed E-state index contributed by atoms with van der Waals surface area (Å²) in [6, 6.07) is 0. The lowest BCUT2D eigenvalue weighted by atomic mass is 10.4. The zero-order chi connectivity index (χ0) is 14.8. The van der Waals surface area contributed by atoms with Crippen molar-refractivity contribution < 1.29 is 18.9 Å². The molecule has 0 fully saturated rings. The third-order valence-electron chi connectivity index (χ3n) is 2.38. The fourth-order valence-electron chi connectivity index (χ4n) is 1.70. The van der Waals surface area contributed by atoms with Gasteiger partial charge in [-0.25, -0.2) is 0 Å². The van der Waals surface area contributed by atoms with Crippen molar-refractivity contribution in [3.8, 4) is 0 Å². The lowest BCUT2D eigenvalue weighted by Crippen LogP contribution is -2.55. The highest BCUT2D eigenvalue weighted by atomic mass is 16.8. The van der Waals surface area contributed by atoms with Crippen LogP contribution < -0.4 is 5.32 Å². The Balaban J connectivity index is 4.70. The number of ether oxygens (including phenoxy) is 4. The highest BCUT2D eigenvalue weighted by Gasteiger charge is 2.39. The van der Waals surface area contributed by atoms with Gasteiger partial charge >= 0.3 is 0 Å². The van der Waals surface area contributed by atoms with Crippen molar-refractivity contribution in [3.05, 3.63) is 0 Å². The van der Waals surface area contributed by atoms with Gasteiger partial charge in [0.1, 0.15) is 0 Å². The van der Waals surface area contributed by atoms with Crippen molar-refractivity contribution in [2.45, 2.75) is 66.2 Å². The molecular weight excluding hydrogens is 246 g/mol. The Labute approximate surface area is 117 Å². The summed E-state index contributed by atoms with van der Waals surface area (Å²) in [5.41, 5.74) is 0. The highest BCUT2D eigenvalue weighted by Crippen LogP contribution is 2.21. The summed E-state index contributed by atoms with van der Waals surface area (Å²) in [5, 5.41) is 4.51. The number of hydrogen-bond donors (Lipinski definition) is 0. The maximum absolute atomic E-state index is 5.69. The molecule has 0 rings (SSSR count). The van der Waals surface area contributed by atoms with Crippen LogP contribution in [0.4, 0.5) is 0 Å². The number of nitrogens with zero attached hydrogens (tertiary/aromatic N) is 1. The molecule has 0 saturated heterocycles. The molecule has 0 aromatic carbocycles. The Morgan fingerprint density at radius 1 is 0.684 bits per heavy atom. The van der Waals surface area contributed by atoms with Crippen LogP contribution in [0.1, 0.15) is 54.4 Å². The molecule has 0 spiro atoms. The molecule has 0 aliphatic heterocycles. The molecule has 0 aliphatic rings. The van der Waals surface area contributed by atoms with Crippen LogP contribution in [-0.4, -0.2) is 38.2 Å². The summed E-state index contributed by atoms with van der Waals surface area (Å²) in [6.45, 7) is 13.7. The fraction of sp³-hybridized carbons (Fsp3) is 1.00. The van der Waals surface area contributed by atoms with Crippen LogP contribution in [-0.2, 0) is 18.9 Å². The van der Waals surface area contributed by atoms with Crippen LogP contribution in [0.3, 0.4) is 0 Å². The van der Waals surface area contributed by atoms with Crippen LogP contribution in [0.25, 0.3) is 0 Å². The van der Waals surface area contributed by atoms with E-state index in [0.29, 0.717) is 26.4 Å². The topological polar surface area (TPSA) is 51.0 Å². The molecule has 115 valence electrons. The molecule has 19 heavy (non-hydrogen) atoms. The summed E-state index contributed by atoms with van der Waals surface area (Å²) >= 11 is 0. The molecule has 0 saturated carbocycles. The van der Waals surface area contributed by atoms with Crippen molar-refractivity contribution >= 4 is 0 Å². The SMILES string of the molecule is CCCOC(C)([N]C(C)(OCC)OCCC)OCC. The Morgan fingerprint density at radius 3 is 1.32 bits per heavy atom. The molecule has 0 bridgehead atoms. The van der Waals surface area contributed by atoms with E-state index in [9.17, 15) is 0 Å². The molecule has 0 aromatic rings. The second kappa shape index (κ2) is 9.66. The molecule has 2 atom stereocenters. The predicted octanol–water partition coefficient (Wildman–Crippen LogP) is 2.86. The van der Waals surface area contributed by atoms with Gasteiger partial charge in [-0.3, -0.25) is 0 Å². The zero-order valence-corrected chi connectivity index (χ0v) is 13.3. The van der Waals surface area contributed by atoms with Crippen molar-refractivity contribution in [2.24, 2.45) is 0 Å². The maximum Gasteiger partial charge on any atom is 0.244 e. The molecule has 5 heteroatoms. The maximum atomic E-state index is 5.69. The van der Waals surface area contributed by atoms with E-state index in [2.05, 4.69) is 5.32 Å². The van der Waals surface area contributed by atoms with E-state index >= 15 is 0 Å². The summed E-state index contributed by atoms with van der Waals surface area (Å²) in [6.07, 6.45) is 1.80. The Kier molecular flexibility index (Phi) is 9.56. The quantitative estimate of drug-likeness (QED) is 0.514. The van der Waals surface area contributed by atoms with Crippen LogP contribution in [0.15, 0.2) is 0 Å². The van der Waals surface area contributed by atoms with Crippen molar-refractivity contribution in [3.63, 3.8) is 0 Å². The Morgan fingerprint density at radius 2 is 1.05 bits per heavy atom. The smallest absolute Gasteiger partial charge is 0.244 e. The molecular formula is C14H30NO4. The van der Waals surface area contributed by atoms with Gasteiger partial charge in [0.15, 0.2) is 0 Å². The second-order valence-electron chi connectivity index (χ2n) is 4.47. The Hall–Kier alpha value is -0.200. The minimum absolute atomic E-state index is 0.514. The van der Waals surface area contributed by atoms with Gasteiger partial charge in [-0.05, 0) is 26.7 Å². The first-order chi connectivity index (χ1) is 8.95. The van der Waals surface area contributed by atoms with E-state index in [4.69, 9.17) is 18.9 Å². The van der Waals surface area contributed by atoms with E-state index in [-0.39, 0.29) is 0 Å². The minimum atomic E-state index is -1.04. The van der Waals surface area contributed by atoms with Gasteiger partial charge in [0.05, 0.1) is 13.2 Å². The van der Waals surface area contributed by atoms with Crippen molar-refractivity contribution in [2.75, 3.05) is 26.4 Å². The first-order valence-corrected chi connectivity index (χ1v) is 7.25. The molecule has 5 nitrogen and oxygen atoms in total. The monoisotopic (exact) mass is 276 g/mol. The van der Waals surface area contributed by atoms with Gasteiger partial charge in [-0.15, -0.1) is 5.32 Å². The molecule has 0 amide bonds. The van der Waals surface area contributed by atoms with Gasteiger partial charge in [0.2, 0.25) is 11.8 Å². The van der Waals surface area contributed by atoms with Crippen LogP contribution in [0.2, 0.25) is 0 Å². The van der Waals surface area contributed by atoms with E-state index in [1.54, 1.807) is 13.8 Å². The first-order valence-electron chi connectivity index (χ1n) is 7.25. The van der Waals surface area contributed by atoms with Crippen molar-refractivity contribution in [1.82, 2.24) is 5.32 Å².